The number of aromatic nitrogens is 2. The van der Waals surface area contributed by atoms with Crippen LogP contribution in [0.5, 0.6) is 0 Å². The molecule has 4 nitrogen and oxygen atoms in total. The molecule has 6 heteroatoms. The van der Waals surface area contributed by atoms with Crippen LogP contribution in [-0.4, -0.2) is 29.7 Å². The Morgan fingerprint density at radius 1 is 1.56 bits per heavy atom. The van der Waals surface area contributed by atoms with Gasteiger partial charge in [0.2, 0.25) is 0 Å². The van der Waals surface area contributed by atoms with Gasteiger partial charge < -0.3 is 0 Å². The van der Waals surface area contributed by atoms with Gasteiger partial charge in [0.25, 0.3) is 0 Å². The second-order valence-electron chi connectivity index (χ2n) is 3.74. The maximum atomic E-state index is 11.3. The van der Waals surface area contributed by atoms with Crippen LogP contribution in [0.2, 0.25) is 0 Å². The molecule has 1 aromatic rings. The van der Waals surface area contributed by atoms with Crippen LogP contribution in [-0.2, 0) is 16.4 Å². The lowest BCUT2D eigenvalue weighted by Crippen LogP contribution is -2.11. The molecule has 1 atom stereocenters. The van der Waals surface area contributed by atoms with Crippen LogP contribution in [0, 0.1) is 0 Å². The number of aryl methyl sites for hydroxylation is 1. The van der Waals surface area contributed by atoms with E-state index in [1.807, 2.05) is 13.1 Å². The van der Waals surface area contributed by atoms with Crippen molar-refractivity contribution < 1.29 is 8.42 Å². The van der Waals surface area contributed by atoms with Gasteiger partial charge in [-0.2, -0.15) is 5.10 Å². The van der Waals surface area contributed by atoms with Crippen molar-refractivity contribution >= 4 is 21.4 Å². The van der Waals surface area contributed by atoms with E-state index in [0.717, 1.165) is 5.56 Å². The van der Waals surface area contributed by atoms with Gasteiger partial charge in [-0.3, -0.25) is 4.68 Å². The first kappa shape index (κ1) is 13.5. The van der Waals surface area contributed by atoms with E-state index in [4.69, 9.17) is 11.6 Å². The Balaban J connectivity index is 2.43. The highest BCUT2D eigenvalue weighted by atomic mass is 35.5. The van der Waals surface area contributed by atoms with Crippen LogP contribution in [0.1, 0.15) is 31.2 Å². The first-order valence-corrected chi connectivity index (χ1v) is 7.57. The van der Waals surface area contributed by atoms with E-state index in [2.05, 4.69) is 5.10 Å². The molecule has 0 aliphatic rings. The molecule has 16 heavy (non-hydrogen) atoms. The Bertz CT molecular complexity index is 426. The van der Waals surface area contributed by atoms with Crippen molar-refractivity contribution in [2.45, 2.75) is 32.2 Å². The summed E-state index contributed by atoms with van der Waals surface area (Å²) in [6.45, 7) is 4.16. The summed E-state index contributed by atoms with van der Waals surface area (Å²) in [6, 6.07) is 0. The molecule has 1 rings (SSSR count). The number of nitrogens with zero attached hydrogens (tertiary/aromatic N) is 2. The highest BCUT2D eigenvalue weighted by molar-refractivity contribution is 7.91. The predicted octanol–water partition coefficient (Wildman–Crippen LogP) is 2.01. The molecule has 1 aromatic heterocycles. The van der Waals surface area contributed by atoms with Gasteiger partial charge in [0.1, 0.15) is 9.84 Å². The van der Waals surface area contributed by atoms with Crippen molar-refractivity contribution in [3.05, 3.63) is 18.0 Å². The van der Waals surface area contributed by atoms with E-state index in [1.54, 1.807) is 17.8 Å². The smallest absolute Gasteiger partial charge is 0.150 e. The fourth-order valence-corrected chi connectivity index (χ4v) is 2.27. The Labute approximate surface area is 102 Å². The van der Waals surface area contributed by atoms with E-state index in [1.165, 1.54) is 0 Å². The lowest BCUT2D eigenvalue weighted by Gasteiger charge is -2.02. The maximum absolute atomic E-state index is 11.3. The number of hydrogen-bond donors (Lipinski definition) is 0. The summed E-state index contributed by atoms with van der Waals surface area (Å²) in [5, 5.41) is 4.06. The normalized spacial score (nSPS) is 13.9. The lowest BCUT2D eigenvalue weighted by molar-refractivity contribution is 0.573. The molecule has 0 aliphatic heterocycles. The third-order valence-corrected chi connectivity index (χ3v) is 4.44. The summed E-state index contributed by atoms with van der Waals surface area (Å²) in [4.78, 5) is 0. The fourth-order valence-electron chi connectivity index (χ4n) is 1.30. The molecule has 0 bridgehead atoms. The van der Waals surface area contributed by atoms with Crippen molar-refractivity contribution in [2.75, 3.05) is 11.5 Å². The largest absolute Gasteiger partial charge is 0.272 e. The van der Waals surface area contributed by atoms with Gasteiger partial charge >= 0.3 is 0 Å². The molecule has 0 fully saturated rings. The predicted molar refractivity (Wildman–Crippen MR) is 65.4 cm³/mol. The molecule has 92 valence electrons. The van der Waals surface area contributed by atoms with Crippen LogP contribution < -0.4 is 0 Å². The molecule has 0 radical (unpaired) electrons. The minimum absolute atomic E-state index is 0.0619. The Morgan fingerprint density at radius 3 is 2.75 bits per heavy atom. The van der Waals surface area contributed by atoms with Crippen LogP contribution in [0.4, 0.5) is 0 Å². The van der Waals surface area contributed by atoms with Gasteiger partial charge in [-0.15, -0.1) is 11.6 Å². The molecule has 0 aliphatic carbocycles. The minimum Gasteiger partial charge on any atom is -0.272 e. The monoisotopic (exact) mass is 264 g/mol. The second-order valence-corrected chi connectivity index (χ2v) is 6.87. The molecule has 0 spiro atoms. The highest BCUT2D eigenvalue weighted by Gasteiger charge is 2.08. The summed E-state index contributed by atoms with van der Waals surface area (Å²) in [5.41, 5.74) is 0.958. The average Bonchev–Trinajstić information content (AvgIpc) is 2.66. The molecular weight excluding hydrogens is 248 g/mol. The first-order valence-electron chi connectivity index (χ1n) is 5.31. The van der Waals surface area contributed by atoms with Crippen LogP contribution in [0.3, 0.4) is 0 Å². The van der Waals surface area contributed by atoms with Crippen molar-refractivity contribution in [1.82, 2.24) is 9.78 Å². The van der Waals surface area contributed by atoms with E-state index in [-0.39, 0.29) is 16.9 Å². The van der Waals surface area contributed by atoms with Gasteiger partial charge in [-0.25, -0.2) is 8.42 Å². The number of rotatable bonds is 6. The van der Waals surface area contributed by atoms with Crippen molar-refractivity contribution in [2.24, 2.45) is 0 Å². The number of halogens is 1. The molecule has 0 saturated heterocycles. The van der Waals surface area contributed by atoms with E-state index >= 15 is 0 Å². The molecule has 0 amide bonds. The quantitative estimate of drug-likeness (QED) is 0.739. The molecular formula is C10H17ClN2O2S. The SMILES string of the molecule is CCS(=O)(=O)CCCn1cc(C(C)Cl)cn1. The second kappa shape index (κ2) is 5.68. The Kier molecular flexibility index (Phi) is 4.80. The molecule has 0 aromatic carbocycles. The zero-order valence-electron chi connectivity index (χ0n) is 9.56. The fraction of sp³-hybridized carbons (Fsp3) is 0.700. The number of sulfone groups is 1. The summed E-state index contributed by atoms with van der Waals surface area (Å²) in [6.07, 6.45) is 4.16. The van der Waals surface area contributed by atoms with Gasteiger partial charge in [-0.05, 0) is 13.3 Å². The maximum Gasteiger partial charge on any atom is 0.150 e. The number of alkyl halides is 1. The topological polar surface area (TPSA) is 52.0 Å². The third-order valence-electron chi connectivity index (χ3n) is 2.39. The Hall–Kier alpha value is -0.550. The van der Waals surface area contributed by atoms with Gasteiger partial charge in [0.05, 0.1) is 17.3 Å². The number of hydrogen-bond acceptors (Lipinski definition) is 3. The van der Waals surface area contributed by atoms with E-state index in [9.17, 15) is 8.42 Å². The molecule has 1 unspecified atom stereocenters. The van der Waals surface area contributed by atoms with Crippen LogP contribution >= 0.6 is 11.6 Å². The zero-order valence-corrected chi connectivity index (χ0v) is 11.1. The average molecular weight is 265 g/mol. The summed E-state index contributed by atoms with van der Waals surface area (Å²) in [5.74, 6) is 0.422. The summed E-state index contributed by atoms with van der Waals surface area (Å²) < 4.78 is 24.2. The lowest BCUT2D eigenvalue weighted by atomic mass is 10.3. The van der Waals surface area contributed by atoms with Crippen LogP contribution in [0.15, 0.2) is 12.4 Å². The minimum atomic E-state index is -2.87. The van der Waals surface area contributed by atoms with E-state index in [0.29, 0.717) is 13.0 Å². The standard InChI is InChI=1S/C10H17ClN2O2S/c1-3-16(14,15)6-4-5-13-8-10(7-12-13)9(2)11/h7-9H,3-6H2,1-2H3. The van der Waals surface area contributed by atoms with Gasteiger partial charge in [0.15, 0.2) is 0 Å². The molecule has 1 heterocycles. The van der Waals surface area contributed by atoms with Crippen molar-refractivity contribution in [1.29, 1.82) is 0 Å². The third kappa shape index (κ3) is 4.14. The van der Waals surface area contributed by atoms with Crippen molar-refractivity contribution in [3.8, 4) is 0 Å². The summed E-state index contributed by atoms with van der Waals surface area (Å²) in [7, 11) is -2.87. The van der Waals surface area contributed by atoms with E-state index < -0.39 is 9.84 Å². The van der Waals surface area contributed by atoms with Crippen LogP contribution in [0.25, 0.3) is 0 Å². The first-order chi connectivity index (χ1) is 7.44. The summed E-state index contributed by atoms with van der Waals surface area (Å²) >= 11 is 5.90. The van der Waals surface area contributed by atoms with Gasteiger partial charge in [0, 0.05) is 24.1 Å². The Morgan fingerprint density at radius 2 is 2.25 bits per heavy atom. The zero-order chi connectivity index (χ0) is 12.2. The molecule has 0 N–H and O–H groups in total. The van der Waals surface area contributed by atoms with Gasteiger partial charge in [-0.1, -0.05) is 6.92 Å². The highest BCUT2D eigenvalue weighted by Crippen LogP contribution is 2.17. The molecule has 0 saturated carbocycles. The van der Waals surface area contributed by atoms with Crippen molar-refractivity contribution in [3.63, 3.8) is 0 Å².